The Kier molecular flexibility index (Phi) is 5.22. The Bertz CT molecular complexity index is 456. The van der Waals surface area contributed by atoms with Crippen LogP contribution in [0.2, 0.25) is 0 Å². The molecule has 20 heavy (non-hydrogen) atoms. The van der Waals surface area contributed by atoms with Crippen LogP contribution in [0.25, 0.3) is 0 Å². The molecule has 2 rings (SSSR count). The molecule has 1 aliphatic rings. The van der Waals surface area contributed by atoms with Crippen LogP contribution in [0.4, 0.5) is 5.69 Å². The van der Waals surface area contributed by atoms with E-state index in [4.69, 9.17) is 0 Å². The summed E-state index contributed by atoms with van der Waals surface area (Å²) in [5.41, 5.74) is 2.03. The van der Waals surface area contributed by atoms with Gasteiger partial charge in [0.25, 0.3) is 0 Å². The zero-order valence-electron chi connectivity index (χ0n) is 12.7. The summed E-state index contributed by atoms with van der Waals surface area (Å²) in [6.07, 6.45) is 0.902. The first-order valence-electron chi connectivity index (χ1n) is 6.94. The highest BCUT2D eigenvalue weighted by molar-refractivity contribution is 5.95. The van der Waals surface area contributed by atoms with E-state index in [1.165, 1.54) is 5.56 Å². The first-order valence-corrected chi connectivity index (χ1v) is 6.94. The lowest BCUT2D eigenvalue weighted by Gasteiger charge is -2.22. The molecule has 0 bridgehead atoms. The van der Waals surface area contributed by atoms with Gasteiger partial charge in [0, 0.05) is 12.2 Å². The van der Waals surface area contributed by atoms with E-state index in [1.54, 1.807) is 0 Å². The van der Waals surface area contributed by atoms with Crippen molar-refractivity contribution in [1.29, 1.82) is 0 Å². The minimum atomic E-state index is -0.275. The van der Waals surface area contributed by atoms with Crippen molar-refractivity contribution in [3.63, 3.8) is 0 Å². The van der Waals surface area contributed by atoms with Gasteiger partial charge in [-0.3, -0.25) is 4.79 Å². The van der Waals surface area contributed by atoms with Gasteiger partial charge in [0.1, 0.15) is 0 Å². The largest absolute Gasteiger partial charge is 0.326 e. The molecule has 0 saturated carbocycles. The van der Waals surface area contributed by atoms with Crippen molar-refractivity contribution in [1.82, 2.24) is 5.32 Å². The maximum atomic E-state index is 12.3. The number of rotatable bonds is 2. The molecule has 1 aromatic rings. The third-order valence-electron chi connectivity index (χ3n) is 3.93. The molecule has 0 radical (unpaired) electrons. The van der Waals surface area contributed by atoms with E-state index in [2.05, 4.69) is 43.5 Å². The van der Waals surface area contributed by atoms with Crippen LogP contribution >= 0.6 is 12.4 Å². The van der Waals surface area contributed by atoms with Crippen molar-refractivity contribution in [2.45, 2.75) is 39.5 Å². The lowest BCUT2D eigenvalue weighted by Crippen LogP contribution is -2.35. The van der Waals surface area contributed by atoms with Crippen molar-refractivity contribution >= 4 is 24.0 Å². The van der Waals surface area contributed by atoms with Gasteiger partial charge in [-0.15, -0.1) is 12.4 Å². The molecule has 112 valence electrons. The molecular weight excluding hydrogens is 272 g/mol. The lowest BCUT2D eigenvalue weighted by atomic mass is 9.87. The number of nitrogens with one attached hydrogen (secondary N) is 2. The van der Waals surface area contributed by atoms with E-state index >= 15 is 0 Å². The molecule has 1 heterocycles. The van der Waals surface area contributed by atoms with Gasteiger partial charge < -0.3 is 10.6 Å². The normalized spacial score (nSPS) is 22.2. The smallest absolute Gasteiger partial charge is 0.231 e. The number of carbonyl (C=O) groups is 1. The fourth-order valence-corrected chi connectivity index (χ4v) is 2.35. The number of amides is 1. The maximum Gasteiger partial charge on any atom is 0.231 e. The zero-order chi connectivity index (χ0) is 14.1. The van der Waals surface area contributed by atoms with Gasteiger partial charge in [-0.05, 0) is 43.0 Å². The van der Waals surface area contributed by atoms with Crippen LogP contribution in [0.15, 0.2) is 24.3 Å². The Labute approximate surface area is 127 Å². The molecule has 2 N–H and O–H groups in total. The first-order chi connectivity index (χ1) is 8.81. The summed E-state index contributed by atoms with van der Waals surface area (Å²) < 4.78 is 0. The van der Waals surface area contributed by atoms with Crippen LogP contribution in [0.5, 0.6) is 0 Å². The highest BCUT2D eigenvalue weighted by Gasteiger charge is 2.36. The van der Waals surface area contributed by atoms with E-state index in [0.717, 1.165) is 25.2 Å². The standard InChI is InChI=1S/C16H24N2O.ClH/c1-15(2,3)12-5-7-13(8-6-12)18-14(19)16(4)9-10-17-11-16;/h5-8,17H,9-11H2,1-4H3,(H,18,19);1H. The predicted octanol–water partition coefficient (Wildman–Crippen LogP) is 3.34. The second-order valence-corrected chi connectivity index (χ2v) is 6.77. The molecule has 1 amide bonds. The van der Waals surface area contributed by atoms with E-state index in [0.29, 0.717) is 0 Å². The number of hydrogen-bond acceptors (Lipinski definition) is 2. The van der Waals surface area contributed by atoms with Gasteiger partial charge in [-0.25, -0.2) is 0 Å². The van der Waals surface area contributed by atoms with Gasteiger partial charge in [0.15, 0.2) is 0 Å². The summed E-state index contributed by atoms with van der Waals surface area (Å²) >= 11 is 0. The number of benzene rings is 1. The van der Waals surface area contributed by atoms with E-state index in [9.17, 15) is 4.79 Å². The molecule has 1 aromatic carbocycles. The summed E-state index contributed by atoms with van der Waals surface area (Å²) in [4.78, 5) is 12.3. The number of carbonyl (C=O) groups excluding carboxylic acids is 1. The Morgan fingerprint density at radius 1 is 1.25 bits per heavy atom. The number of anilines is 1. The fraction of sp³-hybridized carbons (Fsp3) is 0.562. The van der Waals surface area contributed by atoms with Gasteiger partial charge in [0.05, 0.1) is 5.41 Å². The number of hydrogen-bond donors (Lipinski definition) is 2. The summed E-state index contributed by atoms with van der Waals surface area (Å²) in [7, 11) is 0. The van der Waals surface area contributed by atoms with Crippen LogP contribution in [0.3, 0.4) is 0 Å². The first kappa shape index (κ1) is 17.0. The molecule has 1 aliphatic heterocycles. The molecule has 0 spiro atoms. The Balaban J connectivity index is 0.00000200. The topological polar surface area (TPSA) is 41.1 Å². The third-order valence-corrected chi connectivity index (χ3v) is 3.93. The van der Waals surface area contributed by atoms with Gasteiger partial charge in [-0.2, -0.15) is 0 Å². The monoisotopic (exact) mass is 296 g/mol. The van der Waals surface area contributed by atoms with Crippen LogP contribution in [-0.4, -0.2) is 19.0 Å². The molecule has 1 atom stereocenters. The molecule has 1 fully saturated rings. The summed E-state index contributed by atoms with van der Waals surface area (Å²) in [6, 6.07) is 8.16. The quantitative estimate of drug-likeness (QED) is 0.879. The van der Waals surface area contributed by atoms with Gasteiger partial charge >= 0.3 is 0 Å². The van der Waals surface area contributed by atoms with Gasteiger partial charge in [-0.1, -0.05) is 32.9 Å². The van der Waals surface area contributed by atoms with Crippen LogP contribution < -0.4 is 10.6 Å². The summed E-state index contributed by atoms with van der Waals surface area (Å²) in [6.45, 7) is 10.3. The van der Waals surface area contributed by atoms with E-state index < -0.39 is 0 Å². The zero-order valence-corrected chi connectivity index (χ0v) is 13.6. The second-order valence-electron chi connectivity index (χ2n) is 6.77. The molecule has 3 nitrogen and oxygen atoms in total. The number of halogens is 1. The lowest BCUT2D eigenvalue weighted by molar-refractivity contribution is -0.123. The minimum Gasteiger partial charge on any atom is -0.326 e. The third kappa shape index (κ3) is 3.74. The average molecular weight is 297 g/mol. The Hall–Kier alpha value is -1.06. The molecule has 4 heteroatoms. The average Bonchev–Trinajstić information content (AvgIpc) is 2.77. The van der Waals surface area contributed by atoms with Crippen molar-refractivity contribution in [3.05, 3.63) is 29.8 Å². The molecular formula is C16H25ClN2O. The SMILES string of the molecule is CC1(C(=O)Nc2ccc(C(C)(C)C)cc2)CCNC1.Cl. The van der Waals surface area contributed by atoms with E-state index in [1.807, 2.05) is 19.1 Å². The Morgan fingerprint density at radius 2 is 1.85 bits per heavy atom. The molecule has 1 unspecified atom stereocenters. The highest BCUT2D eigenvalue weighted by atomic mass is 35.5. The van der Waals surface area contributed by atoms with Crippen molar-refractivity contribution in [2.24, 2.45) is 5.41 Å². The highest BCUT2D eigenvalue weighted by Crippen LogP contribution is 2.27. The fourth-order valence-electron chi connectivity index (χ4n) is 2.35. The van der Waals surface area contributed by atoms with Crippen molar-refractivity contribution < 1.29 is 4.79 Å². The van der Waals surface area contributed by atoms with Crippen LogP contribution in [-0.2, 0) is 10.2 Å². The molecule has 1 saturated heterocycles. The summed E-state index contributed by atoms with van der Waals surface area (Å²) in [5.74, 6) is 0.112. The Morgan fingerprint density at radius 3 is 2.30 bits per heavy atom. The maximum absolute atomic E-state index is 12.3. The molecule has 0 aliphatic carbocycles. The molecule has 0 aromatic heterocycles. The van der Waals surface area contributed by atoms with Crippen LogP contribution in [0.1, 0.15) is 39.7 Å². The van der Waals surface area contributed by atoms with E-state index in [-0.39, 0.29) is 29.1 Å². The van der Waals surface area contributed by atoms with Crippen LogP contribution in [0, 0.1) is 5.41 Å². The van der Waals surface area contributed by atoms with Crippen molar-refractivity contribution in [2.75, 3.05) is 18.4 Å². The van der Waals surface area contributed by atoms with Crippen molar-refractivity contribution in [3.8, 4) is 0 Å². The second kappa shape index (κ2) is 6.15. The summed E-state index contributed by atoms with van der Waals surface area (Å²) in [5, 5.41) is 6.27. The predicted molar refractivity (Wildman–Crippen MR) is 86.6 cm³/mol. The van der Waals surface area contributed by atoms with Gasteiger partial charge in [0.2, 0.25) is 5.91 Å². The minimum absolute atomic E-state index is 0.